The monoisotopic (exact) mass is 353 g/mol. The second-order valence-electron chi connectivity index (χ2n) is 6.81. The summed E-state index contributed by atoms with van der Waals surface area (Å²) in [4.78, 5) is 34.6. The predicted octanol–water partition coefficient (Wildman–Crippen LogP) is 1.50. The number of ether oxygens (including phenoxy) is 1. The topological polar surface area (TPSA) is 92.6 Å². The number of rotatable bonds is 4. The van der Waals surface area contributed by atoms with Crippen LogP contribution in [0.5, 0.6) is 5.75 Å². The smallest absolute Gasteiger partial charge is 0.315 e. The van der Waals surface area contributed by atoms with Crippen molar-refractivity contribution in [2.24, 2.45) is 5.41 Å². The molecule has 7 heteroatoms. The van der Waals surface area contributed by atoms with Gasteiger partial charge in [-0.15, -0.1) is 0 Å². The van der Waals surface area contributed by atoms with Crippen LogP contribution in [-0.4, -0.2) is 51.5 Å². The van der Waals surface area contributed by atoms with Crippen molar-refractivity contribution in [2.75, 3.05) is 19.7 Å². The molecular formula is C19H19N3O4. The maximum atomic E-state index is 12.7. The van der Waals surface area contributed by atoms with Crippen LogP contribution < -0.4 is 4.74 Å². The van der Waals surface area contributed by atoms with Crippen molar-refractivity contribution in [1.29, 1.82) is 0 Å². The summed E-state index contributed by atoms with van der Waals surface area (Å²) in [6.07, 6.45) is 5.59. The molecule has 4 rings (SSSR count). The summed E-state index contributed by atoms with van der Waals surface area (Å²) in [6.45, 7) is 0.643. The van der Waals surface area contributed by atoms with Crippen molar-refractivity contribution >= 4 is 11.9 Å². The second-order valence-corrected chi connectivity index (χ2v) is 6.81. The average Bonchev–Trinajstić information content (AvgIpc) is 3.09. The summed E-state index contributed by atoms with van der Waals surface area (Å²) >= 11 is 0. The molecule has 1 N–H and O–H groups in total. The molecule has 1 aromatic heterocycles. The molecule has 1 saturated heterocycles. The number of carboxylic acids is 1. The molecule has 1 amide bonds. The predicted molar refractivity (Wildman–Crippen MR) is 91.7 cm³/mol. The number of aliphatic carboxylic acids is 1. The van der Waals surface area contributed by atoms with Crippen LogP contribution in [0.15, 0.2) is 42.9 Å². The molecule has 0 radical (unpaired) electrons. The first-order chi connectivity index (χ1) is 12.6. The summed E-state index contributed by atoms with van der Waals surface area (Å²) in [5.41, 5.74) is 0.529. The molecule has 2 atom stereocenters. The van der Waals surface area contributed by atoms with Gasteiger partial charge in [0, 0.05) is 49.6 Å². The number of carboxylic acid groups (broad SMARTS) is 1. The van der Waals surface area contributed by atoms with Crippen LogP contribution in [-0.2, 0) is 16.0 Å². The van der Waals surface area contributed by atoms with Gasteiger partial charge in [0.1, 0.15) is 17.8 Å². The first-order valence-electron chi connectivity index (χ1n) is 8.58. The molecule has 3 heterocycles. The minimum Gasteiger partial charge on any atom is -0.492 e. The number of fused-ring (bicyclic) bond motifs is 3. The summed E-state index contributed by atoms with van der Waals surface area (Å²) in [5, 5.41) is 9.90. The zero-order valence-electron chi connectivity index (χ0n) is 14.2. The quantitative estimate of drug-likeness (QED) is 0.895. The van der Waals surface area contributed by atoms with Crippen LogP contribution in [0.3, 0.4) is 0 Å². The number of carbonyl (C=O) groups is 2. The van der Waals surface area contributed by atoms with Gasteiger partial charge in [-0.25, -0.2) is 0 Å². The van der Waals surface area contributed by atoms with Crippen molar-refractivity contribution < 1.29 is 19.4 Å². The molecule has 2 aliphatic heterocycles. The largest absolute Gasteiger partial charge is 0.492 e. The maximum absolute atomic E-state index is 12.7. The summed E-state index contributed by atoms with van der Waals surface area (Å²) in [5.74, 6) is -0.530. The average molecular weight is 353 g/mol. The zero-order valence-corrected chi connectivity index (χ0v) is 14.2. The Balaban J connectivity index is 1.54. The number of carbonyl (C=O) groups excluding carboxylic acids is 1. The fourth-order valence-corrected chi connectivity index (χ4v) is 3.88. The van der Waals surface area contributed by atoms with E-state index in [0.717, 1.165) is 11.3 Å². The van der Waals surface area contributed by atoms with E-state index in [-0.39, 0.29) is 31.4 Å². The highest BCUT2D eigenvalue weighted by Gasteiger charge is 2.57. The Hall–Kier alpha value is -2.96. The minimum atomic E-state index is -1.09. The van der Waals surface area contributed by atoms with E-state index in [1.807, 2.05) is 24.3 Å². The van der Waals surface area contributed by atoms with E-state index in [4.69, 9.17) is 4.74 Å². The maximum Gasteiger partial charge on any atom is 0.315 e. The third-order valence-corrected chi connectivity index (χ3v) is 5.31. The van der Waals surface area contributed by atoms with Gasteiger partial charge in [0.15, 0.2) is 0 Å². The van der Waals surface area contributed by atoms with E-state index in [1.54, 1.807) is 23.5 Å². The number of benzene rings is 1. The van der Waals surface area contributed by atoms with Gasteiger partial charge in [0.05, 0.1) is 5.69 Å². The highest BCUT2D eigenvalue weighted by Crippen LogP contribution is 2.49. The van der Waals surface area contributed by atoms with E-state index in [9.17, 15) is 14.7 Å². The van der Waals surface area contributed by atoms with Crippen LogP contribution >= 0.6 is 0 Å². The van der Waals surface area contributed by atoms with E-state index < -0.39 is 11.4 Å². The Morgan fingerprint density at radius 1 is 1.31 bits per heavy atom. The lowest BCUT2D eigenvalue weighted by Gasteiger charge is -2.35. The number of para-hydroxylation sites is 1. The van der Waals surface area contributed by atoms with Crippen molar-refractivity contribution in [2.45, 2.75) is 18.8 Å². The Bertz CT molecular complexity index is 842. The Kier molecular flexibility index (Phi) is 4.06. The fourth-order valence-electron chi connectivity index (χ4n) is 3.88. The van der Waals surface area contributed by atoms with Crippen LogP contribution in [0, 0.1) is 5.41 Å². The lowest BCUT2D eigenvalue weighted by Crippen LogP contribution is -2.46. The van der Waals surface area contributed by atoms with Crippen molar-refractivity contribution in [1.82, 2.24) is 14.9 Å². The highest BCUT2D eigenvalue weighted by molar-refractivity contribution is 5.83. The van der Waals surface area contributed by atoms with Crippen molar-refractivity contribution in [3.63, 3.8) is 0 Å². The van der Waals surface area contributed by atoms with E-state index in [2.05, 4.69) is 9.97 Å². The van der Waals surface area contributed by atoms with Crippen LogP contribution in [0.25, 0.3) is 0 Å². The van der Waals surface area contributed by atoms with Gasteiger partial charge in [-0.3, -0.25) is 19.6 Å². The van der Waals surface area contributed by atoms with Crippen molar-refractivity contribution in [3.8, 4) is 5.75 Å². The Morgan fingerprint density at radius 2 is 2.15 bits per heavy atom. The van der Waals surface area contributed by atoms with Crippen LogP contribution in [0.2, 0.25) is 0 Å². The lowest BCUT2D eigenvalue weighted by molar-refractivity contribution is -0.152. The molecule has 0 bridgehead atoms. The fraction of sp³-hybridized carbons (Fsp3) is 0.368. The molecule has 0 saturated carbocycles. The van der Waals surface area contributed by atoms with Gasteiger partial charge in [-0.2, -0.15) is 0 Å². The third kappa shape index (κ3) is 2.69. The van der Waals surface area contributed by atoms with E-state index >= 15 is 0 Å². The van der Waals surface area contributed by atoms with E-state index in [0.29, 0.717) is 18.7 Å². The molecule has 1 unspecified atom stereocenters. The number of aryl methyl sites for hydroxylation is 1. The number of hydrogen-bond acceptors (Lipinski definition) is 5. The number of amides is 1. The number of likely N-dealkylation sites (tertiary alicyclic amines) is 1. The van der Waals surface area contributed by atoms with Gasteiger partial charge >= 0.3 is 5.97 Å². The molecule has 1 fully saturated rings. The first-order valence-corrected chi connectivity index (χ1v) is 8.58. The van der Waals surface area contributed by atoms with Crippen LogP contribution in [0.4, 0.5) is 0 Å². The van der Waals surface area contributed by atoms with Gasteiger partial charge in [0.2, 0.25) is 5.91 Å². The SMILES string of the molecule is O=C(CCc1cnccn1)N1CC2c3ccccc3OC[C@]2(C(=O)O)C1. The number of nitrogens with zero attached hydrogens (tertiary/aromatic N) is 3. The molecule has 0 aliphatic carbocycles. The van der Waals surface area contributed by atoms with E-state index in [1.165, 1.54) is 0 Å². The molecule has 134 valence electrons. The summed E-state index contributed by atoms with van der Waals surface area (Å²) in [7, 11) is 0. The summed E-state index contributed by atoms with van der Waals surface area (Å²) < 4.78 is 5.72. The van der Waals surface area contributed by atoms with Gasteiger partial charge in [-0.05, 0) is 12.5 Å². The zero-order chi connectivity index (χ0) is 18.1. The molecular weight excluding hydrogens is 334 g/mol. The molecule has 1 aromatic carbocycles. The molecule has 7 nitrogen and oxygen atoms in total. The van der Waals surface area contributed by atoms with Crippen LogP contribution in [0.1, 0.15) is 23.6 Å². The minimum absolute atomic E-state index is 0.0665. The summed E-state index contributed by atoms with van der Waals surface area (Å²) in [6, 6.07) is 7.48. The highest BCUT2D eigenvalue weighted by atomic mass is 16.5. The number of hydrogen-bond donors (Lipinski definition) is 1. The molecule has 2 aromatic rings. The van der Waals surface area contributed by atoms with Gasteiger partial charge in [0.25, 0.3) is 0 Å². The molecule has 0 spiro atoms. The van der Waals surface area contributed by atoms with Crippen molar-refractivity contribution in [3.05, 3.63) is 54.1 Å². The lowest BCUT2D eigenvalue weighted by atomic mass is 9.73. The third-order valence-electron chi connectivity index (χ3n) is 5.31. The van der Waals surface area contributed by atoms with Gasteiger partial charge in [-0.1, -0.05) is 18.2 Å². The Morgan fingerprint density at radius 3 is 2.92 bits per heavy atom. The first kappa shape index (κ1) is 16.5. The second kappa shape index (κ2) is 6.40. The van der Waals surface area contributed by atoms with Gasteiger partial charge < -0.3 is 14.7 Å². The molecule has 26 heavy (non-hydrogen) atoms. The standard InChI is InChI=1S/C19H19N3O4/c23-17(6-5-13-9-20-7-8-21-13)22-10-15-14-3-1-2-4-16(14)26-12-19(15,11-22)18(24)25/h1-4,7-9,15H,5-6,10-12H2,(H,24,25)/t15?,19-/m1/s1. The Labute approximate surface area is 150 Å². The number of aromatic nitrogens is 2. The normalized spacial score (nSPS) is 23.7. The molecule has 2 aliphatic rings.